The van der Waals surface area contributed by atoms with Crippen LogP contribution >= 0.6 is 0 Å². The summed E-state index contributed by atoms with van der Waals surface area (Å²) in [6, 6.07) is 0. The standard InChI is InChI=1S/C12H19NO/c1-2-3-12(14)13-7-6-10-4-5-11(8-10)9-13/h2-3,10-11H,4-9H2,1H3/b3-2+. The Kier molecular flexibility index (Phi) is 2.90. The van der Waals surface area contributed by atoms with Crippen LogP contribution in [0, 0.1) is 11.8 Å². The van der Waals surface area contributed by atoms with E-state index in [1.165, 1.54) is 25.7 Å². The number of allylic oxidation sites excluding steroid dienone is 1. The second-order valence-electron chi connectivity index (χ2n) is 4.62. The average Bonchev–Trinajstić information content (AvgIpc) is 2.46. The molecule has 1 heterocycles. The number of fused-ring (bicyclic) bond motifs is 2. The van der Waals surface area contributed by atoms with Gasteiger partial charge in [-0.05, 0) is 44.1 Å². The van der Waals surface area contributed by atoms with E-state index < -0.39 is 0 Å². The highest BCUT2D eigenvalue weighted by Crippen LogP contribution is 2.36. The predicted molar refractivity (Wildman–Crippen MR) is 56.8 cm³/mol. The Labute approximate surface area is 86.0 Å². The molecule has 2 aliphatic rings. The Bertz CT molecular complexity index is 247. The van der Waals surface area contributed by atoms with Crippen LogP contribution in [0.4, 0.5) is 0 Å². The maximum atomic E-state index is 11.7. The summed E-state index contributed by atoms with van der Waals surface area (Å²) in [6.07, 6.45) is 8.85. The molecule has 1 saturated heterocycles. The molecular weight excluding hydrogens is 174 g/mol. The van der Waals surface area contributed by atoms with Gasteiger partial charge in [-0.15, -0.1) is 0 Å². The van der Waals surface area contributed by atoms with E-state index in [2.05, 4.69) is 0 Å². The molecular formula is C12H19NO. The van der Waals surface area contributed by atoms with Crippen molar-refractivity contribution in [2.24, 2.45) is 11.8 Å². The molecule has 0 aromatic rings. The third-order valence-electron chi connectivity index (χ3n) is 3.56. The van der Waals surface area contributed by atoms with E-state index in [9.17, 15) is 4.79 Å². The van der Waals surface area contributed by atoms with Gasteiger partial charge in [0.2, 0.25) is 5.91 Å². The molecule has 0 spiro atoms. The molecule has 2 unspecified atom stereocenters. The van der Waals surface area contributed by atoms with Crippen molar-refractivity contribution >= 4 is 5.91 Å². The number of rotatable bonds is 1. The average molecular weight is 193 g/mol. The van der Waals surface area contributed by atoms with Gasteiger partial charge in [-0.25, -0.2) is 0 Å². The van der Waals surface area contributed by atoms with Gasteiger partial charge in [-0.1, -0.05) is 12.5 Å². The maximum absolute atomic E-state index is 11.7. The van der Waals surface area contributed by atoms with Gasteiger partial charge in [0.05, 0.1) is 0 Å². The number of hydrogen-bond acceptors (Lipinski definition) is 1. The van der Waals surface area contributed by atoms with Crippen molar-refractivity contribution < 1.29 is 4.79 Å². The number of nitrogens with zero attached hydrogens (tertiary/aromatic N) is 1. The summed E-state index contributed by atoms with van der Waals surface area (Å²) in [7, 11) is 0. The molecule has 14 heavy (non-hydrogen) atoms. The highest BCUT2D eigenvalue weighted by Gasteiger charge is 2.30. The molecule has 0 N–H and O–H groups in total. The van der Waals surface area contributed by atoms with Crippen LogP contribution in [0.2, 0.25) is 0 Å². The van der Waals surface area contributed by atoms with Crippen molar-refractivity contribution in [2.45, 2.75) is 32.6 Å². The van der Waals surface area contributed by atoms with Gasteiger partial charge in [0.25, 0.3) is 0 Å². The highest BCUT2D eigenvalue weighted by atomic mass is 16.2. The van der Waals surface area contributed by atoms with Gasteiger partial charge >= 0.3 is 0 Å². The predicted octanol–water partition coefficient (Wildman–Crippen LogP) is 2.21. The third kappa shape index (κ3) is 1.99. The minimum absolute atomic E-state index is 0.208. The third-order valence-corrected chi connectivity index (χ3v) is 3.56. The first-order chi connectivity index (χ1) is 6.79. The molecule has 1 amide bonds. The second-order valence-corrected chi connectivity index (χ2v) is 4.62. The molecule has 2 atom stereocenters. The quantitative estimate of drug-likeness (QED) is 0.585. The summed E-state index contributed by atoms with van der Waals surface area (Å²) < 4.78 is 0. The van der Waals surface area contributed by atoms with Crippen molar-refractivity contribution in [1.82, 2.24) is 4.90 Å². The van der Waals surface area contributed by atoms with E-state index >= 15 is 0 Å². The Morgan fingerprint density at radius 2 is 2.07 bits per heavy atom. The van der Waals surface area contributed by atoms with Gasteiger partial charge in [0, 0.05) is 13.1 Å². The van der Waals surface area contributed by atoms with Gasteiger partial charge in [0.15, 0.2) is 0 Å². The van der Waals surface area contributed by atoms with Crippen LogP contribution in [0.3, 0.4) is 0 Å². The van der Waals surface area contributed by atoms with E-state index in [0.29, 0.717) is 0 Å². The zero-order valence-electron chi connectivity index (χ0n) is 8.91. The molecule has 2 rings (SSSR count). The van der Waals surface area contributed by atoms with Crippen LogP contribution in [0.1, 0.15) is 32.6 Å². The summed E-state index contributed by atoms with van der Waals surface area (Å²) >= 11 is 0. The fraction of sp³-hybridized carbons (Fsp3) is 0.750. The molecule has 2 fully saturated rings. The fourth-order valence-electron chi connectivity index (χ4n) is 2.80. The highest BCUT2D eigenvalue weighted by molar-refractivity contribution is 5.87. The van der Waals surface area contributed by atoms with Crippen molar-refractivity contribution in [1.29, 1.82) is 0 Å². The summed E-state index contributed by atoms with van der Waals surface area (Å²) in [4.78, 5) is 13.7. The van der Waals surface area contributed by atoms with Gasteiger partial charge in [-0.2, -0.15) is 0 Å². The Morgan fingerprint density at radius 3 is 2.86 bits per heavy atom. The lowest BCUT2D eigenvalue weighted by molar-refractivity contribution is -0.126. The van der Waals surface area contributed by atoms with Crippen LogP contribution in [-0.2, 0) is 4.79 Å². The largest absolute Gasteiger partial charge is 0.339 e. The summed E-state index contributed by atoms with van der Waals surface area (Å²) in [5.74, 6) is 1.90. The lowest BCUT2D eigenvalue weighted by Crippen LogP contribution is -2.33. The van der Waals surface area contributed by atoms with Crippen molar-refractivity contribution in [2.75, 3.05) is 13.1 Å². The topological polar surface area (TPSA) is 20.3 Å². The Morgan fingerprint density at radius 1 is 1.29 bits per heavy atom. The molecule has 1 aliphatic carbocycles. The smallest absolute Gasteiger partial charge is 0.246 e. The van der Waals surface area contributed by atoms with Crippen LogP contribution in [0.5, 0.6) is 0 Å². The monoisotopic (exact) mass is 193 g/mol. The number of likely N-dealkylation sites (tertiary alicyclic amines) is 1. The van der Waals surface area contributed by atoms with E-state index in [4.69, 9.17) is 0 Å². The van der Waals surface area contributed by atoms with Crippen LogP contribution in [-0.4, -0.2) is 23.9 Å². The van der Waals surface area contributed by atoms with Crippen LogP contribution < -0.4 is 0 Å². The molecule has 0 aromatic carbocycles. The normalized spacial score (nSPS) is 32.2. The van der Waals surface area contributed by atoms with Crippen LogP contribution in [0.25, 0.3) is 0 Å². The molecule has 1 saturated carbocycles. The molecule has 2 bridgehead atoms. The van der Waals surface area contributed by atoms with Crippen molar-refractivity contribution in [3.05, 3.63) is 12.2 Å². The van der Waals surface area contributed by atoms with Gasteiger partial charge in [-0.3, -0.25) is 4.79 Å². The first kappa shape index (κ1) is 9.75. The number of amides is 1. The summed E-state index contributed by atoms with van der Waals surface area (Å²) in [5.41, 5.74) is 0. The molecule has 0 radical (unpaired) electrons. The fourth-order valence-corrected chi connectivity index (χ4v) is 2.80. The SMILES string of the molecule is C/C=C/C(=O)N1CCC2CCC(C2)C1. The molecule has 2 nitrogen and oxygen atoms in total. The van der Waals surface area contributed by atoms with Crippen LogP contribution in [0.15, 0.2) is 12.2 Å². The minimum atomic E-state index is 0.208. The molecule has 78 valence electrons. The van der Waals surface area contributed by atoms with Crippen molar-refractivity contribution in [3.8, 4) is 0 Å². The number of carbonyl (C=O) groups excluding carboxylic acids is 1. The van der Waals surface area contributed by atoms with Gasteiger partial charge in [0.1, 0.15) is 0 Å². The Hall–Kier alpha value is -0.790. The lowest BCUT2D eigenvalue weighted by atomic mass is 10.0. The molecule has 1 aliphatic heterocycles. The van der Waals surface area contributed by atoms with Crippen molar-refractivity contribution in [3.63, 3.8) is 0 Å². The molecule has 2 heteroatoms. The summed E-state index contributed by atoms with van der Waals surface area (Å²) in [5, 5.41) is 0. The van der Waals surface area contributed by atoms with E-state index in [1.54, 1.807) is 6.08 Å². The zero-order valence-corrected chi connectivity index (χ0v) is 8.91. The minimum Gasteiger partial charge on any atom is -0.339 e. The summed E-state index contributed by atoms with van der Waals surface area (Å²) in [6.45, 7) is 3.88. The van der Waals surface area contributed by atoms with E-state index in [-0.39, 0.29) is 5.91 Å². The zero-order chi connectivity index (χ0) is 9.97. The van der Waals surface area contributed by atoms with E-state index in [0.717, 1.165) is 24.9 Å². The lowest BCUT2D eigenvalue weighted by Gasteiger charge is -2.23. The maximum Gasteiger partial charge on any atom is 0.246 e. The first-order valence-electron chi connectivity index (χ1n) is 5.71. The first-order valence-corrected chi connectivity index (χ1v) is 5.71. The van der Waals surface area contributed by atoms with E-state index in [1.807, 2.05) is 17.9 Å². The van der Waals surface area contributed by atoms with Gasteiger partial charge < -0.3 is 4.90 Å². The second kappa shape index (κ2) is 4.16. The number of hydrogen-bond donors (Lipinski definition) is 0. The molecule has 0 aromatic heterocycles. The number of carbonyl (C=O) groups is 1. The Balaban J connectivity index is 1.97.